The minimum Gasteiger partial charge on any atom is -0.384 e. The lowest BCUT2D eigenvalue weighted by molar-refractivity contribution is 0.244. The largest absolute Gasteiger partial charge is 0.384 e. The minimum absolute atomic E-state index is 0.0697. The minimum atomic E-state index is -0.0697. The van der Waals surface area contributed by atoms with Gasteiger partial charge in [0.1, 0.15) is 6.61 Å². The lowest BCUT2D eigenvalue weighted by Crippen LogP contribution is -2.27. The van der Waals surface area contributed by atoms with Gasteiger partial charge in [0.05, 0.1) is 0 Å². The van der Waals surface area contributed by atoms with Crippen molar-refractivity contribution < 1.29 is 5.11 Å². The third kappa shape index (κ3) is 4.37. The molecule has 0 aliphatic heterocycles. The predicted octanol–water partition coefficient (Wildman–Crippen LogP) is 2.65. The van der Waals surface area contributed by atoms with E-state index in [-0.39, 0.29) is 6.61 Å². The number of rotatable bonds is 6. The van der Waals surface area contributed by atoms with Gasteiger partial charge in [-0.15, -0.1) is 0 Å². The van der Waals surface area contributed by atoms with Crippen molar-refractivity contribution in [1.29, 1.82) is 0 Å². The summed E-state index contributed by atoms with van der Waals surface area (Å²) in [5.41, 5.74) is 2.35. The number of hydrogen-bond donors (Lipinski definition) is 1. The van der Waals surface area contributed by atoms with E-state index < -0.39 is 0 Å². The number of nitrogens with zero attached hydrogens (tertiary/aromatic N) is 1. The summed E-state index contributed by atoms with van der Waals surface area (Å²) in [5, 5.41) is 8.77. The highest BCUT2D eigenvalue weighted by Crippen LogP contribution is 2.34. The number of benzene rings is 1. The van der Waals surface area contributed by atoms with Gasteiger partial charge in [0, 0.05) is 25.2 Å². The van der Waals surface area contributed by atoms with E-state index in [0.29, 0.717) is 0 Å². The van der Waals surface area contributed by atoms with Gasteiger partial charge in [0.15, 0.2) is 0 Å². The maximum absolute atomic E-state index is 8.77. The highest BCUT2D eigenvalue weighted by Gasteiger charge is 2.29. The Morgan fingerprint density at radius 2 is 1.80 bits per heavy atom. The van der Waals surface area contributed by atoms with Crippen LogP contribution in [0.2, 0.25) is 0 Å². The summed E-state index contributed by atoms with van der Waals surface area (Å²) in [5.74, 6) is 7.62. The van der Waals surface area contributed by atoms with Crippen LogP contribution in [0.5, 0.6) is 0 Å². The van der Waals surface area contributed by atoms with Crippen LogP contribution in [0.15, 0.2) is 24.3 Å². The Morgan fingerprint density at radius 1 is 1.10 bits per heavy atom. The summed E-state index contributed by atoms with van der Waals surface area (Å²) >= 11 is 0. The maximum atomic E-state index is 8.77. The van der Waals surface area contributed by atoms with Gasteiger partial charge in [-0.25, -0.2) is 0 Å². The first-order valence-corrected chi connectivity index (χ1v) is 7.74. The van der Waals surface area contributed by atoms with Crippen molar-refractivity contribution in [3.8, 4) is 11.8 Å². The molecule has 0 unspecified atom stereocenters. The van der Waals surface area contributed by atoms with Gasteiger partial charge in [-0.2, -0.15) is 0 Å². The summed E-state index contributed by atoms with van der Waals surface area (Å²) in [6.45, 7) is 3.51. The molecule has 1 aromatic carbocycles. The topological polar surface area (TPSA) is 23.5 Å². The molecule has 1 aromatic rings. The molecule has 2 aliphatic carbocycles. The monoisotopic (exact) mass is 269 g/mol. The fourth-order valence-electron chi connectivity index (χ4n) is 2.68. The molecule has 0 spiro atoms. The fraction of sp³-hybridized carbons (Fsp3) is 0.556. The molecule has 2 aliphatic rings. The van der Waals surface area contributed by atoms with Crippen molar-refractivity contribution in [3.63, 3.8) is 0 Å². The molecule has 2 saturated carbocycles. The van der Waals surface area contributed by atoms with Gasteiger partial charge in [0.25, 0.3) is 0 Å². The maximum Gasteiger partial charge on any atom is 0.104 e. The van der Waals surface area contributed by atoms with E-state index in [4.69, 9.17) is 5.11 Å². The molecular formula is C18H23NO. The first-order chi connectivity index (χ1) is 9.83. The quantitative estimate of drug-likeness (QED) is 0.803. The van der Waals surface area contributed by atoms with E-state index in [1.807, 2.05) is 6.07 Å². The van der Waals surface area contributed by atoms with E-state index in [1.165, 1.54) is 44.3 Å². The van der Waals surface area contributed by atoms with E-state index in [2.05, 4.69) is 34.9 Å². The fourth-order valence-corrected chi connectivity index (χ4v) is 2.68. The van der Waals surface area contributed by atoms with Crippen LogP contribution in [0.1, 0.15) is 36.8 Å². The Kier molecular flexibility index (Phi) is 4.40. The second-order valence-corrected chi connectivity index (χ2v) is 6.24. The zero-order chi connectivity index (χ0) is 13.8. The van der Waals surface area contributed by atoms with Crippen LogP contribution in [-0.4, -0.2) is 29.7 Å². The average Bonchev–Trinajstić information content (AvgIpc) is 3.33. The smallest absolute Gasteiger partial charge is 0.104 e. The summed E-state index contributed by atoms with van der Waals surface area (Å²) in [6, 6.07) is 8.44. The van der Waals surface area contributed by atoms with E-state index in [1.54, 1.807) is 0 Å². The molecule has 0 aromatic heterocycles. The van der Waals surface area contributed by atoms with Crippen LogP contribution in [0.3, 0.4) is 0 Å². The normalized spacial score (nSPS) is 17.9. The van der Waals surface area contributed by atoms with Crippen molar-refractivity contribution >= 4 is 0 Å². The molecule has 0 radical (unpaired) electrons. The SMILES string of the molecule is OCC#Cc1cccc(CN(CC2CC2)CC2CC2)c1. The number of hydrogen-bond acceptors (Lipinski definition) is 2. The first kappa shape index (κ1) is 13.7. The predicted molar refractivity (Wildman–Crippen MR) is 81.1 cm³/mol. The zero-order valence-electron chi connectivity index (χ0n) is 12.0. The molecule has 2 heteroatoms. The van der Waals surface area contributed by atoms with Crippen molar-refractivity contribution in [3.05, 3.63) is 35.4 Å². The van der Waals surface area contributed by atoms with Crippen LogP contribution in [-0.2, 0) is 6.54 Å². The molecular weight excluding hydrogens is 246 g/mol. The third-order valence-corrected chi connectivity index (χ3v) is 4.07. The van der Waals surface area contributed by atoms with Crippen molar-refractivity contribution in [2.45, 2.75) is 32.2 Å². The zero-order valence-corrected chi connectivity index (χ0v) is 12.0. The molecule has 1 N–H and O–H groups in total. The van der Waals surface area contributed by atoms with Gasteiger partial charge in [-0.05, 0) is 55.2 Å². The lowest BCUT2D eigenvalue weighted by atomic mass is 10.1. The standard InChI is InChI=1S/C18H23NO/c20-10-2-5-15-3-1-4-18(11-15)14-19(12-16-6-7-16)13-17-8-9-17/h1,3-4,11,16-17,20H,6-10,12-14H2. The number of aliphatic hydroxyl groups excluding tert-OH is 1. The molecule has 2 nitrogen and oxygen atoms in total. The van der Waals surface area contributed by atoms with E-state index in [0.717, 1.165) is 23.9 Å². The Bertz CT molecular complexity index is 492. The van der Waals surface area contributed by atoms with Crippen LogP contribution in [0, 0.1) is 23.7 Å². The molecule has 106 valence electrons. The number of aliphatic hydroxyl groups is 1. The molecule has 0 bridgehead atoms. The first-order valence-electron chi connectivity index (χ1n) is 7.74. The highest BCUT2D eigenvalue weighted by molar-refractivity contribution is 5.37. The summed E-state index contributed by atoms with van der Waals surface area (Å²) in [7, 11) is 0. The second kappa shape index (κ2) is 6.43. The van der Waals surface area contributed by atoms with Crippen molar-refractivity contribution in [1.82, 2.24) is 4.90 Å². The highest BCUT2D eigenvalue weighted by atomic mass is 16.2. The Labute approximate surface area is 121 Å². The van der Waals surface area contributed by atoms with Gasteiger partial charge in [-0.1, -0.05) is 24.0 Å². The molecule has 3 rings (SSSR count). The molecule has 0 atom stereocenters. The van der Waals surface area contributed by atoms with Gasteiger partial charge >= 0.3 is 0 Å². The van der Waals surface area contributed by atoms with Gasteiger partial charge in [-0.3, -0.25) is 4.90 Å². The Morgan fingerprint density at radius 3 is 2.40 bits per heavy atom. The molecule has 0 saturated heterocycles. The van der Waals surface area contributed by atoms with Crippen molar-refractivity contribution in [2.24, 2.45) is 11.8 Å². The summed E-state index contributed by atoms with van der Waals surface area (Å²) in [6.07, 6.45) is 5.68. The van der Waals surface area contributed by atoms with E-state index in [9.17, 15) is 0 Å². The molecule has 0 heterocycles. The molecule has 2 fully saturated rings. The van der Waals surface area contributed by atoms with Crippen molar-refractivity contribution in [2.75, 3.05) is 19.7 Å². The summed E-state index contributed by atoms with van der Waals surface area (Å²) in [4.78, 5) is 2.63. The van der Waals surface area contributed by atoms with Gasteiger partial charge < -0.3 is 5.11 Å². The van der Waals surface area contributed by atoms with Gasteiger partial charge in [0.2, 0.25) is 0 Å². The molecule has 0 amide bonds. The molecule has 20 heavy (non-hydrogen) atoms. The summed E-state index contributed by atoms with van der Waals surface area (Å²) < 4.78 is 0. The van der Waals surface area contributed by atoms with Crippen LogP contribution < -0.4 is 0 Å². The lowest BCUT2D eigenvalue weighted by Gasteiger charge is -2.22. The second-order valence-electron chi connectivity index (χ2n) is 6.24. The van der Waals surface area contributed by atoms with Crippen LogP contribution in [0.25, 0.3) is 0 Å². The van der Waals surface area contributed by atoms with Crippen LogP contribution >= 0.6 is 0 Å². The Balaban J connectivity index is 1.63. The van der Waals surface area contributed by atoms with Crippen LogP contribution in [0.4, 0.5) is 0 Å². The third-order valence-electron chi connectivity index (χ3n) is 4.07. The van der Waals surface area contributed by atoms with E-state index >= 15 is 0 Å². The average molecular weight is 269 g/mol. The Hall–Kier alpha value is -1.30.